The Kier molecular flexibility index (Phi) is 4.67. The lowest BCUT2D eigenvalue weighted by Crippen LogP contribution is -2.46. The van der Waals surface area contributed by atoms with Gasteiger partial charge < -0.3 is 10.0 Å². The Bertz CT molecular complexity index is 610. The zero-order valence-electron chi connectivity index (χ0n) is 15.1. The van der Waals surface area contributed by atoms with Crippen molar-refractivity contribution < 1.29 is 9.90 Å². The van der Waals surface area contributed by atoms with Crippen molar-refractivity contribution in [2.45, 2.75) is 52.1 Å². The summed E-state index contributed by atoms with van der Waals surface area (Å²) in [5.74, 6) is 0.0803. The van der Waals surface area contributed by atoms with Crippen LogP contribution in [-0.2, 0) is 11.3 Å². The second-order valence-corrected chi connectivity index (χ2v) is 8.08. The number of aliphatic hydroxyl groups is 1. The Morgan fingerprint density at radius 2 is 2.04 bits per heavy atom. The molecule has 1 aromatic rings. The van der Waals surface area contributed by atoms with E-state index in [1.165, 1.54) is 11.1 Å². The van der Waals surface area contributed by atoms with Crippen molar-refractivity contribution in [1.29, 1.82) is 0 Å². The maximum atomic E-state index is 12.0. The van der Waals surface area contributed by atoms with E-state index in [1.807, 2.05) is 24.2 Å². The molecule has 2 saturated heterocycles. The van der Waals surface area contributed by atoms with Crippen LogP contribution in [0.25, 0.3) is 0 Å². The average Bonchev–Trinajstić information content (AvgIpc) is 2.84. The van der Waals surface area contributed by atoms with Crippen molar-refractivity contribution in [1.82, 2.24) is 14.8 Å². The molecule has 1 atom stereocenters. The smallest absolute Gasteiger partial charge is 0.219 e. The number of rotatable bonds is 3. The van der Waals surface area contributed by atoms with Gasteiger partial charge in [-0.3, -0.25) is 14.7 Å². The van der Waals surface area contributed by atoms with E-state index < -0.39 is 5.54 Å². The highest BCUT2D eigenvalue weighted by atomic mass is 16.3. The number of aryl methyl sites for hydroxylation is 1. The molecular formula is C19H29N3O2. The van der Waals surface area contributed by atoms with Gasteiger partial charge >= 0.3 is 0 Å². The van der Waals surface area contributed by atoms with E-state index in [1.54, 1.807) is 6.92 Å². The van der Waals surface area contributed by atoms with Crippen molar-refractivity contribution in [3.8, 4) is 0 Å². The van der Waals surface area contributed by atoms with Crippen molar-refractivity contribution in [3.05, 3.63) is 29.6 Å². The number of aromatic nitrogens is 1. The fraction of sp³-hybridized carbons (Fsp3) is 0.684. The maximum absolute atomic E-state index is 12.0. The minimum absolute atomic E-state index is 0.0486. The molecule has 0 aliphatic carbocycles. The molecule has 3 heterocycles. The summed E-state index contributed by atoms with van der Waals surface area (Å²) >= 11 is 0. The molecule has 5 nitrogen and oxygen atoms in total. The quantitative estimate of drug-likeness (QED) is 0.920. The summed E-state index contributed by atoms with van der Waals surface area (Å²) in [6.07, 6.45) is 6.93. The molecule has 1 spiro atoms. The Balaban J connectivity index is 1.63. The second-order valence-electron chi connectivity index (χ2n) is 8.08. The Morgan fingerprint density at radius 3 is 2.58 bits per heavy atom. The number of hydrogen-bond acceptors (Lipinski definition) is 4. The molecule has 24 heavy (non-hydrogen) atoms. The third-order valence-corrected chi connectivity index (χ3v) is 5.88. The van der Waals surface area contributed by atoms with Crippen molar-refractivity contribution in [2.75, 3.05) is 26.2 Å². The predicted octanol–water partition coefficient (Wildman–Crippen LogP) is 1.98. The monoisotopic (exact) mass is 331 g/mol. The third-order valence-electron chi connectivity index (χ3n) is 5.88. The summed E-state index contributed by atoms with van der Waals surface area (Å²) in [7, 11) is 0. The van der Waals surface area contributed by atoms with Gasteiger partial charge in [-0.1, -0.05) is 6.07 Å². The zero-order valence-corrected chi connectivity index (χ0v) is 15.1. The van der Waals surface area contributed by atoms with Crippen molar-refractivity contribution >= 4 is 5.91 Å². The number of likely N-dealkylation sites (tertiary alicyclic amines) is 2. The minimum Gasteiger partial charge on any atom is -0.394 e. The molecule has 0 aromatic carbocycles. The molecule has 1 N–H and O–H groups in total. The summed E-state index contributed by atoms with van der Waals surface area (Å²) in [6.45, 7) is 9.58. The topological polar surface area (TPSA) is 56.7 Å². The van der Waals surface area contributed by atoms with E-state index in [0.717, 1.165) is 45.4 Å². The summed E-state index contributed by atoms with van der Waals surface area (Å²) in [4.78, 5) is 20.6. The van der Waals surface area contributed by atoms with E-state index in [2.05, 4.69) is 22.9 Å². The van der Waals surface area contributed by atoms with Gasteiger partial charge in [0, 0.05) is 32.4 Å². The van der Waals surface area contributed by atoms with Crippen molar-refractivity contribution in [3.63, 3.8) is 0 Å². The van der Waals surface area contributed by atoms with Crippen molar-refractivity contribution in [2.24, 2.45) is 5.41 Å². The number of carbonyl (C=O) groups is 1. The number of aliphatic hydroxyl groups excluding tert-OH is 1. The van der Waals surface area contributed by atoms with Crippen LogP contribution in [0.5, 0.6) is 0 Å². The highest BCUT2D eigenvalue weighted by Crippen LogP contribution is 2.48. The summed E-state index contributed by atoms with van der Waals surface area (Å²) in [5, 5.41) is 9.82. The van der Waals surface area contributed by atoms with Crippen LogP contribution < -0.4 is 0 Å². The van der Waals surface area contributed by atoms with Gasteiger partial charge in [0.1, 0.15) is 0 Å². The van der Waals surface area contributed by atoms with Gasteiger partial charge in [-0.2, -0.15) is 0 Å². The molecule has 0 saturated carbocycles. The van der Waals surface area contributed by atoms with E-state index in [9.17, 15) is 9.90 Å². The van der Waals surface area contributed by atoms with Gasteiger partial charge in [0.15, 0.2) is 0 Å². The first-order chi connectivity index (χ1) is 11.4. The van der Waals surface area contributed by atoms with Gasteiger partial charge in [0.05, 0.1) is 12.1 Å². The van der Waals surface area contributed by atoms with Gasteiger partial charge in [-0.25, -0.2) is 0 Å². The molecule has 0 bridgehead atoms. The predicted molar refractivity (Wildman–Crippen MR) is 93.4 cm³/mol. The standard InChI is InChI=1S/C19H29N3O2/c1-15-8-17(10-20-9-15)11-21-6-4-19(5-7-21)12-18(3,14-23)22(13-19)16(2)24/h8-10,23H,4-7,11-14H2,1-3H3/t18-/m1/s1. The van der Waals surface area contributed by atoms with Crippen LogP contribution in [0.15, 0.2) is 18.5 Å². The number of pyridine rings is 1. The fourth-order valence-corrected chi connectivity index (χ4v) is 4.60. The zero-order chi connectivity index (χ0) is 17.4. The largest absolute Gasteiger partial charge is 0.394 e. The van der Waals surface area contributed by atoms with E-state index >= 15 is 0 Å². The molecule has 2 aliphatic rings. The molecule has 2 fully saturated rings. The lowest BCUT2D eigenvalue weighted by Gasteiger charge is -2.39. The molecule has 3 rings (SSSR count). The van der Waals surface area contributed by atoms with Gasteiger partial charge in [0.25, 0.3) is 0 Å². The van der Waals surface area contributed by atoms with Crippen LogP contribution >= 0.6 is 0 Å². The fourth-order valence-electron chi connectivity index (χ4n) is 4.60. The van der Waals surface area contributed by atoms with Crippen LogP contribution in [0.4, 0.5) is 0 Å². The molecule has 1 amide bonds. The summed E-state index contributed by atoms with van der Waals surface area (Å²) < 4.78 is 0. The Hall–Kier alpha value is -1.46. The average molecular weight is 331 g/mol. The second kappa shape index (κ2) is 6.45. The highest BCUT2D eigenvalue weighted by Gasteiger charge is 2.52. The van der Waals surface area contributed by atoms with Crippen LogP contribution in [0.2, 0.25) is 0 Å². The van der Waals surface area contributed by atoms with Crippen LogP contribution in [0, 0.1) is 12.3 Å². The first-order valence-corrected chi connectivity index (χ1v) is 8.88. The highest BCUT2D eigenvalue weighted by molar-refractivity contribution is 5.74. The number of carbonyl (C=O) groups excluding carboxylic acids is 1. The molecule has 1 aromatic heterocycles. The van der Waals surface area contributed by atoms with E-state index in [4.69, 9.17) is 0 Å². The summed E-state index contributed by atoms with van der Waals surface area (Å²) in [5.41, 5.74) is 2.24. The number of nitrogens with zero attached hydrogens (tertiary/aromatic N) is 3. The third kappa shape index (κ3) is 3.33. The molecular weight excluding hydrogens is 302 g/mol. The van der Waals surface area contributed by atoms with E-state index in [0.29, 0.717) is 0 Å². The van der Waals surface area contributed by atoms with Crippen LogP contribution in [0.3, 0.4) is 0 Å². The molecule has 5 heteroatoms. The molecule has 0 unspecified atom stereocenters. The molecule has 2 aliphatic heterocycles. The maximum Gasteiger partial charge on any atom is 0.219 e. The van der Waals surface area contributed by atoms with Gasteiger partial charge in [-0.05, 0) is 62.7 Å². The molecule has 0 radical (unpaired) electrons. The first kappa shape index (κ1) is 17.4. The molecule has 132 valence electrons. The van der Waals surface area contributed by atoms with Crippen LogP contribution in [0.1, 0.15) is 44.2 Å². The van der Waals surface area contributed by atoms with Gasteiger partial charge in [0.2, 0.25) is 5.91 Å². The number of hydrogen-bond donors (Lipinski definition) is 1. The number of piperidine rings is 1. The van der Waals surface area contributed by atoms with Crippen LogP contribution in [-0.4, -0.2) is 57.6 Å². The van der Waals surface area contributed by atoms with Gasteiger partial charge in [-0.15, -0.1) is 0 Å². The number of amides is 1. The summed E-state index contributed by atoms with van der Waals surface area (Å²) in [6, 6.07) is 2.20. The lowest BCUT2D eigenvalue weighted by atomic mass is 9.74. The SMILES string of the molecule is CC(=O)N1CC2(CCN(Cc3cncc(C)c3)CC2)C[C@]1(C)CO. The Labute approximate surface area is 144 Å². The Morgan fingerprint density at radius 1 is 1.33 bits per heavy atom. The lowest BCUT2D eigenvalue weighted by molar-refractivity contribution is -0.134. The minimum atomic E-state index is -0.394. The first-order valence-electron chi connectivity index (χ1n) is 8.88. The normalized spacial score (nSPS) is 26.9. The van der Waals surface area contributed by atoms with E-state index in [-0.39, 0.29) is 17.9 Å².